The second-order valence-electron chi connectivity index (χ2n) is 6.06. The number of methoxy groups -OCH3 is 1. The van der Waals surface area contributed by atoms with Crippen molar-refractivity contribution in [3.05, 3.63) is 55.9 Å². The molecule has 1 aliphatic carbocycles. The summed E-state index contributed by atoms with van der Waals surface area (Å²) in [6.07, 6.45) is 3.88. The van der Waals surface area contributed by atoms with E-state index in [9.17, 15) is 19.7 Å². The number of hydrogen-bond acceptors (Lipinski definition) is 6. The van der Waals surface area contributed by atoms with E-state index in [0.29, 0.717) is 16.1 Å². The minimum absolute atomic E-state index is 0.0203. The van der Waals surface area contributed by atoms with Crippen LogP contribution in [-0.4, -0.2) is 23.9 Å². The summed E-state index contributed by atoms with van der Waals surface area (Å²) in [6, 6.07) is 5.84. The number of carbonyl (C=O) groups excluding carboxylic acids is 2. The number of thiophene rings is 1. The van der Waals surface area contributed by atoms with Gasteiger partial charge in [0.15, 0.2) is 0 Å². The van der Waals surface area contributed by atoms with Crippen LogP contribution in [0, 0.1) is 10.1 Å². The third-order valence-electron chi connectivity index (χ3n) is 4.33. The first kappa shape index (κ1) is 18.1. The quantitative estimate of drug-likeness (QED) is 0.491. The number of rotatable bonds is 5. The first-order valence-electron chi connectivity index (χ1n) is 8.25. The number of amides is 1. The highest BCUT2D eigenvalue weighted by atomic mass is 32.1. The molecule has 1 aromatic carbocycles. The van der Waals surface area contributed by atoms with Crippen LogP contribution in [0.4, 0.5) is 10.7 Å². The van der Waals surface area contributed by atoms with Gasteiger partial charge in [-0.3, -0.25) is 14.9 Å². The highest BCUT2D eigenvalue weighted by Crippen LogP contribution is 2.38. The number of esters is 1. The van der Waals surface area contributed by atoms with E-state index in [1.54, 1.807) is 12.1 Å². The Labute approximate surface area is 154 Å². The standard InChI is InChI=1S/C18H18N2O5S/c1-25-18(22)16-13-4-2-3-5-14(13)26-17(16)19-15(21)10-11-6-8-12(9-7-11)20(23)24/h6-9H,2-5,10H2,1H3,(H,19,21). The molecule has 0 aliphatic heterocycles. The molecule has 26 heavy (non-hydrogen) atoms. The number of aryl methyl sites for hydroxylation is 1. The molecular weight excluding hydrogens is 356 g/mol. The van der Waals surface area contributed by atoms with Gasteiger partial charge >= 0.3 is 5.97 Å². The molecule has 0 saturated heterocycles. The third-order valence-corrected chi connectivity index (χ3v) is 5.53. The number of nitrogens with one attached hydrogen (secondary N) is 1. The van der Waals surface area contributed by atoms with Gasteiger partial charge in [-0.25, -0.2) is 4.79 Å². The molecule has 1 aliphatic rings. The van der Waals surface area contributed by atoms with Crippen LogP contribution in [0.25, 0.3) is 0 Å². The number of anilines is 1. The van der Waals surface area contributed by atoms with Crippen molar-refractivity contribution in [3.63, 3.8) is 0 Å². The SMILES string of the molecule is COC(=O)c1c(NC(=O)Cc2ccc([N+](=O)[O-])cc2)sc2c1CCCC2. The van der Waals surface area contributed by atoms with Crippen LogP contribution >= 0.6 is 11.3 Å². The first-order chi connectivity index (χ1) is 12.5. The van der Waals surface area contributed by atoms with E-state index >= 15 is 0 Å². The molecule has 0 radical (unpaired) electrons. The van der Waals surface area contributed by atoms with E-state index < -0.39 is 10.9 Å². The molecule has 7 nitrogen and oxygen atoms in total. The van der Waals surface area contributed by atoms with Crippen molar-refractivity contribution in [2.75, 3.05) is 12.4 Å². The molecular formula is C18H18N2O5S. The van der Waals surface area contributed by atoms with Crippen molar-refractivity contribution in [1.82, 2.24) is 0 Å². The van der Waals surface area contributed by atoms with Crippen LogP contribution in [0.1, 0.15) is 39.2 Å². The molecule has 0 bridgehead atoms. The van der Waals surface area contributed by atoms with Gasteiger partial charge in [0.2, 0.25) is 5.91 Å². The van der Waals surface area contributed by atoms with E-state index in [0.717, 1.165) is 36.1 Å². The lowest BCUT2D eigenvalue weighted by Crippen LogP contribution is -2.16. The molecule has 8 heteroatoms. The van der Waals surface area contributed by atoms with E-state index in [2.05, 4.69) is 5.32 Å². The van der Waals surface area contributed by atoms with E-state index in [1.165, 1.54) is 30.6 Å². The summed E-state index contributed by atoms with van der Waals surface area (Å²) in [4.78, 5) is 35.9. The third kappa shape index (κ3) is 3.75. The second kappa shape index (κ2) is 7.65. The minimum atomic E-state index is -0.483. The fraction of sp³-hybridized carbons (Fsp3) is 0.333. The fourth-order valence-electron chi connectivity index (χ4n) is 3.06. The maximum atomic E-state index is 12.4. The molecule has 1 N–H and O–H groups in total. The number of nitrogens with zero attached hydrogens (tertiary/aromatic N) is 1. The summed E-state index contributed by atoms with van der Waals surface area (Å²) in [5, 5.41) is 14.0. The van der Waals surface area contributed by atoms with Crippen LogP contribution in [-0.2, 0) is 28.8 Å². The number of carbonyl (C=O) groups is 2. The Bertz CT molecular complexity index is 857. The molecule has 3 rings (SSSR count). The lowest BCUT2D eigenvalue weighted by atomic mass is 9.95. The van der Waals surface area contributed by atoms with Gasteiger partial charge in [0.1, 0.15) is 5.00 Å². The molecule has 136 valence electrons. The zero-order valence-electron chi connectivity index (χ0n) is 14.2. The van der Waals surface area contributed by atoms with Gasteiger partial charge in [-0.15, -0.1) is 11.3 Å². The average Bonchev–Trinajstić information content (AvgIpc) is 2.99. The second-order valence-corrected chi connectivity index (χ2v) is 7.16. The Morgan fingerprint density at radius 2 is 1.92 bits per heavy atom. The van der Waals surface area contributed by atoms with Gasteiger partial charge in [0.25, 0.3) is 5.69 Å². The molecule has 0 unspecified atom stereocenters. The number of ether oxygens (including phenoxy) is 1. The Morgan fingerprint density at radius 3 is 2.58 bits per heavy atom. The van der Waals surface area contributed by atoms with Crippen LogP contribution < -0.4 is 5.32 Å². The van der Waals surface area contributed by atoms with E-state index in [-0.39, 0.29) is 18.0 Å². The lowest BCUT2D eigenvalue weighted by Gasteiger charge is -2.11. The average molecular weight is 374 g/mol. The maximum absolute atomic E-state index is 12.4. The summed E-state index contributed by atoms with van der Waals surface area (Å²) < 4.78 is 4.89. The predicted molar refractivity (Wildman–Crippen MR) is 97.7 cm³/mol. The summed E-state index contributed by atoms with van der Waals surface area (Å²) in [6.45, 7) is 0. The minimum Gasteiger partial charge on any atom is -0.465 e. The molecule has 1 aromatic heterocycles. The number of hydrogen-bond donors (Lipinski definition) is 1. The summed E-state index contributed by atoms with van der Waals surface area (Å²) >= 11 is 1.43. The Balaban J connectivity index is 1.77. The summed E-state index contributed by atoms with van der Waals surface area (Å²) in [5.74, 6) is -0.711. The number of non-ortho nitro benzene ring substituents is 1. The number of nitro groups is 1. The van der Waals surface area contributed by atoms with Gasteiger partial charge in [0.05, 0.1) is 24.0 Å². The molecule has 0 fully saturated rings. The number of nitro benzene ring substituents is 1. The fourth-order valence-corrected chi connectivity index (χ4v) is 4.36. The van der Waals surface area contributed by atoms with Gasteiger partial charge in [-0.2, -0.15) is 0 Å². The van der Waals surface area contributed by atoms with Crippen molar-refractivity contribution < 1.29 is 19.2 Å². The van der Waals surface area contributed by atoms with Crippen LogP contribution in [0.3, 0.4) is 0 Å². The summed E-state index contributed by atoms with van der Waals surface area (Å²) in [5.41, 5.74) is 2.09. The van der Waals surface area contributed by atoms with Crippen molar-refractivity contribution in [1.29, 1.82) is 0 Å². The van der Waals surface area contributed by atoms with Gasteiger partial charge in [0, 0.05) is 17.0 Å². The molecule has 0 atom stereocenters. The van der Waals surface area contributed by atoms with Gasteiger partial charge in [-0.05, 0) is 36.8 Å². The zero-order chi connectivity index (χ0) is 18.7. The van der Waals surface area contributed by atoms with Crippen LogP contribution in [0.2, 0.25) is 0 Å². The molecule has 0 spiro atoms. The largest absolute Gasteiger partial charge is 0.465 e. The topological polar surface area (TPSA) is 98.5 Å². The molecule has 1 heterocycles. The summed E-state index contributed by atoms with van der Waals surface area (Å²) in [7, 11) is 1.33. The monoisotopic (exact) mass is 374 g/mol. The highest BCUT2D eigenvalue weighted by molar-refractivity contribution is 7.17. The number of benzene rings is 1. The number of fused-ring (bicyclic) bond motifs is 1. The maximum Gasteiger partial charge on any atom is 0.341 e. The molecule has 1 amide bonds. The Hall–Kier alpha value is -2.74. The highest BCUT2D eigenvalue weighted by Gasteiger charge is 2.26. The van der Waals surface area contributed by atoms with Crippen molar-refractivity contribution in [2.45, 2.75) is 32.1 Å². The zero-order valence-corrected chi connectivity index (χ0v) is 15.1. The van der Waals surface area contributed by atoms with E-state index in [1.807, 2.05) is 0 Å². The predicted octanol–water partition coefficient (Wildman–Crippen LogP) is 3.50. The smallest absolute Gasteiger partial charge is 0.341 e. The Morgan fingerprint density at radius 1 is 1.23 bits per heavy atom. The van der Waals surface area contributed by atoms with Crippen molar-refractivity contribution >= 4 is 33.9 Å². The van der Waals surface area contributed by atoms with E-state index in [4.69, 9.17) is 4.74 Å². The van der Waals surface area contributed by atoms with Crippen LogP contribution in [0.15, 0.2) is 24.3 Å². The Kier molecular flexibility index (Phi) is 5.32. The molecule has 0 saturated carbocycles. The van der Waals surface area contributed by atoms with Gasteiger partial charge in [-0.1, -0.05) is 12.1 Å². The lowest BCUT2D eigenvalue weighted by molar-refractivity contribution is -0.384. The molecule has 2 aromatic rings. The first-order valence-corrected chi connectivity index (χ1v) is 9.07. The van der Waals surface area contributed by atoms with Crippen molar-refractivity contribution in [2.24, 2.45) is 0 Å². The normalized spacial score (nSPS) is 13.0. The van der Waals surface area contributed by atoms with Crippen LogP contribution in [0.5, 0.6) is 0 Å². The van der Waals surface area contributed by atoms with Gasteiger partial charge < -0.3 is 10.1 Å². The van der Waals surface area contributed by atoms with Crippen molar-refractivity contribution in [3.8, 4) is 0 Å².